The third kappa shape index (κ3) is 5.70. The van der Waals surface area contributed by atoms with E-state index in [1.54, 1.807) is 6.08 Å². The second kappa shape index (κ2) is 10.2. The fraction of sp³-hybridized carbons (Fsp3) is 0.0714. The SMILES string of the molecule is O=C(O)/C=C/c1ccccc1/C=C/c1ccc(OCc2ccc3c(n2)C=CC=CC3)cc1. The van der Waals surface area contributed by atoms with Crippen molar-refractivity contribution in [3.8, 4) is 5.75 Å². The summed E-state index contributed by atoms with van der Waals surface area (Å²) in [6.07, 6.45) is 15.8. The summed E-state index contributed by atoms with van der Waals surface area (Å²) < 4.78 is 5.91. The van der Waals surface area contributed by atoms with E-state index in [-0.39, 0.29) is 0 Å². The van der Waals surface area contributed by atoms with Crippen LogP contribution in [0.15, 0.2) is 85.0 Å². The molecule has 0 radical (unpaired) electrons. The van der Waals surface area contributed by atoms with Gasteiger partial charge >= 0.3 is 5.97 Å². The van der Waals surface area contributed by atoms with Gasteiger partial charge in [0.05, 0.1) is 11.4 Å². The average molecular weight is 421 g/mol. The number of carboxylic acid groups (broad SMARTS) is 1. The highest BCUT2D eigenvalue weighted by Gasteiger charge is 2.05. The van der Waals surface area contributed by atoms with E-state index in [1.165, 1.54) is 5.56 Å². The van der Waals surface area contributed by atoms with Crippen LogP contribution >= 0.6 is 0 Å². The van der Waals surface area contributed by atoms with E-state index < -0.39 is 5.97 Å². The molecule has 32 heavy (non-hydrogen) atoms. The molecule has 0 bridgehead atoms. The molecular formula is C28H23NO3. The second-order valence-corrected chi connectivity index (χ2v) is 7.33. The van der Waals surface area contributed by atoms with Crippen molar-refractivity contribution >= 4 is 30.3 Å². The Hall–Kier alpha value is -4.18. The van der Waals surface area contributed by atoms with Gasteiger partial charge in [-0.2, -0.15) is 0 Å². The van der Waals surface area contributed by atoms with E-state index in [0.29, 0.717) is 6.61 Å². The van der Waals surface area contributed by atoms with Crippen LogP contribution in [0.2, 0.25) is 0 Å². The normalized spacial score (nSPS) is 12.8. The Morgan fingerprint density at radius 2 is 1.72 bits per heavy atom. The van der Waals surface area contributed by atoms with Gasteiger partial charge in [0, 0.05) is 6.08 Å². The van der Waals surface area contributed by atoms with E-state index >= 15 is 0 Å². The lowest BCUT2D eigenvalue weighted by Crippen LogP contribution is -2.01. The molecule has 0 atom stereocenters. The Morgan fingerprint density at radius 1 is 0.938 bits per heavy atom. The Balaban J connectivity index is 1.39. The zero-order chi connectivity index (χ0) is 22.2. The Morgan fingerprint density at radius 3 is 2.50 bits per heavy atom. The van der Waals surface area contributed by atoms with E-state index in [2.05, 4.69) is 12.1 Å². The first-order chi connectivity index (χ1) is 15.7. The quantitative estimate of drug-likeness (QED) is 0.372. The molecule has 4 heteroatoms. The van der Waals surface area contributed by atoms with Crippen LogP contribution in [0.1, 0.15) is 33.6 Å². The first kappa shape index (κ1) is 21.1. The van der Waals surface area contributed by atoms with Crippen molar-refractivity contribution in [2.24, 2.45) is 0 Å². The number of allylic oxidation sites excluding steroid dienone is 3. The number of aliphatic carboxylic acids is 1. The van der Waals surface area contributed by atoms with Crippen LogP contribution in [-0.4, -0.2) is 16.1 Å². The molecule has 4 nitrogen and oxygen atoms in total. The molecule has 158 valence electrons. The summed E-state index contributed by atoms with van der Waals surface area (Å²) in [6.45, 7) is 0.410. The maximum atomic E-state index is 10.8. The molecular weight excluding hydrogens is 398 g/mol. The van der Waals surface area contributed by atoms with Crippen LogP contribution in [0.3, 0.4) is 0 Å². The fourth-order valence-corrected chi connectivity index (χ4v) is 3.36. The van der Waals surface area contributed by atoms with Gasteiger partial charge in [-0.1, -0.05) is 72.8 Å². The Labute approximate surface area is 187 Å². The predicted octanol–water partition coefficient (Wildman–Crippen LogP) is 6.05. The third-order valence-corrected chi connectivity index (χ3v) is 5.03. The molecule has 4 rings (SSSR count). The number of rotatable bonds is 7. The van der Waals surface area contributed by atoms with Gasteiger partial charge in [0.25, 0.3) is 0 Å². The van der Waals surface area contributed by atoms with Gasteiger partial charge < -0.3 is 9.84 Å². The number of fused-ring (bicyclic) bond motifs is 1. The molecule has 1 heterocycles. The van der Waals surface area contributed by atoms with Gasteiger partial charge in [-0.05, 0) is 59.0 Å². The van der Waals surface area contributed by atoms with Crippen molar-refractivity contribution in [3.63, 3.8) is 0 Å². The number of pyridine rings is 1. The number of aromatic nitrogens is 1. The third-order valence-electron chi connectivity index (χ3n) is 5.03. The zero-order valence-electron chi connectivity index (χ0n) is 17.5. The molecule has 1 aliphatic rings. The topological polar surface area (TPSA) is 59.4 Å². The van der Waals surface area contributed by atoms with Crippen molar-refractivity contribution in [1.29, 1.82) is 0 Å². The number of benzene rings is 2. The van der Waals surface area contributed by atoms with Crippen molar-refractivity contribution in [1.82, 2.24) is 4.98 Å². The number of carbonyl (C=O) groups is 1. The summed E-state index contributed by atoms with van der Waals surface area (Å²) >= 11 is 0. The maximum absolute atomic E-state index is 10.8. The van der Waals surface area contributed by atoms with Crippen molar-refractivity contribution < 1.29 is 14.6 Å². The lowest BCUT2D eigenvalue weighted by molar-refractivity contribution is -0.131. The fourth-order valence-electron chi connectivity index (χ4n) is 3.36. The monoisotopic (exact) mass is 421 g/mol. The van der Waals surface area contributed by atoms with Gasteiger partial charge in [-0.15, -0.1) is 0 Å². The number of ether oxygens (including phenoxy) is 1. The van der Waals surface area contributed by atoms with Gasteiger partial charge in [-0.25, -0.2) is 9.78 Å². The molecule has 0 fully saturated rings. The van der Waals surface area contributed by atoms with Crippen LogP contribution < -0.4 is 4.74 Å². The highest BCUT2D eigenvalue weighted by Crippen LogP contribution is 2.19. The van der Waals surface area contributed by atoms with Crippen LogP contribution in [0.25, 0.3) is 24.3 Å². The summed E-state index contributed by atoms with van der Waals surface area (Å²) in [5.74, 6) is -0.185. The number of nitrogens with zero attached hydrogens (tertiary/aromatic N) is 1. The van der Waals surface area contributed by atoms with E-state index in [1.807, 2.05) is 85.0 Å². The Bertz CT molecular complexity index is 1220. The van der Waals surface area contributed by atoms with Crippen molar-refractivity contribution in [3.05, 3.63) is 119 Å². The number of carboxylic acids is 1. The number of hydrogen-bond donors (Lipinski definition) is 1. The zero-order valence-corrected chi connectivity index (χ0v) is 17.5. The first-order valence-electron chi connectivity index (χ1n) is 10.4. The van der Waals surface area contributed by atoms with E-state index in [9.17, 15) is 4.79 Å². The predicted molar refractivity (Wildman–Crippen MR) is 129 cm³/mol. The lowest BCUT2D eigenvalue weighted by atomic mass is 10.1. The summed E-state index contributed by atoms with van der Waals surface area (Å²) in [4.78, 5) is 15.5. The molecule has 0 saturated carbocycles. The molecule has 0 unspecified atom stereocenters. The minimum absolute atomic E-state index is 0.410. The minimum Gasteiger partial charge on any atom is -0.487 e. The Kier molecular flexibility index (Phi) is 6.73. The summed E-state index contributed by atoms with van der Waals surface area (Å²) in [5.41, 5.74) is 5.93. The molecule has 0 saturated heterocycles. The van der Waals surface area contributed by atoms with Crippen LogP contribution in [0.5, 0.6) is 5.75 Å². The molecule has 1 N–H and O–H groups in total. The van der Waals surface area contributed by atoms with E-state index in [4.69, 9.17) is 14.8 Å². The van der Waals surface area contributed by atoms with Crippen LogP contribution in [0.4, 0.5) is 0 Å². The lowest BCUT2D eigenvalue weighted by Gasteiger charge is -2.09. The molecule has 1 aliphatic carbocycles. The summed E-state index contributed by atoms with van der Waals surface area (Å²) in [6, 6.07) is 19.6. The largest absolute Gasteiger partial charge is 0.487 e. The average Bonchev–Trinajstić information content (AvgIpc) is 3.06. The minimum atomic E-state index is -0.964. The molecule has 1 aromatic heterocycles. The molecule has 3 aromatic rings. The van der Waals surface area contributed by atoms with Gasteiger partial charge in [-0.3, -0.25) is 0 Å². The molecule has 2 aromatic carbocycles. The smallest absolute Gasteiger partial charge is 0.328 e. The van der Waals surface area contributed by atoms with Gasteiger partial charge in [0.1, 0.15) is 12.4 Å². The van der Waals surface area contributed by atoms with E-state index in [0.717, 1.165) is 46.3 Å². The standard InChI is InChI=1S/C28H23NO3/c30-28(31)19-15-23-7-5-4-6-22(23)13-10-21-11-17-26(18-12-21)32-20-25-16-14-24-8-2-1-3-9-27(24)29-25/h1-7,9-19H,8,20H2,(H,30,31)/b13-10+,19-15+. The summed E-state index contributed by atoms with van der Waals surface area (Å²) in [5, 5.41) is 8.85. The highest BCUT2D eigenvalue weighted by atomic mass is 16.5. The second-order valence-electron chi connectivity index (χ2n) is 7.33. The maximum Gasteiger partial charge on any atom is 0.328 e. The molecule has 0 amide bonds. The first-order valence-corrected chi connectivity index (χ1v) is 10.4. The highest BCUT2D eigenvalue weighted by molar-refractivity contribution is 5.87. The van der Waals surface area contributed by atoms with Crippen molar-refractivity contribution in [2.75, 3.05) is 0 Å². The van der Waals surface area contributed by atoms with Crippen molar-refractivity contribution in [2.45, 2.75) is 13.0 Å². The van der Waals surface area contributed by atoms with Gasteiger partial charge in [0.2, 0.25) is 0 Å². The number of hydrogen-bond acceptors (Lipinski definition) is 3. The van der Waals surface area contributed by atoms with Crippen LogP contribution in [0, 0.1) is 0 Å². The summed E-state index contributed by atoms with van der Waals surface area (Å²) in [7, 11) is 0. The molecule has 0 aliphatic heterocycles. The van der Waals surface area contributed by atoms with Gasteiger partial charge in [0.15, 0.2) is 0 Å². The molecule has 0 spiro atoms. The van der Waals surface area contributed by atoms with Crippen LogP contribution in [-0.2, 0) is 17.8 Å².